The van der Waals surface area contributed by atoms with Crippen molar-refractivity contribution >= 4 is 34.6 Å². The van der Waals surface area contributed by atoms with Crippen LogP contribution in [-0.4, -0.2) is 45.7 Å². The van der Waals surface area contributed by atoms with E-state index in [0.29, 0.717) is 23.0 Å². The van der Waals surface area contributed by atoms with Gasteiger partial charge in [0.05, 0.1) is 17.4 Å². The standard InChI is InChI=1S/C30H33N7O/c1-3-21-7-6-8-22(17-21)27-20(2)25-19-33-30(35-28(25)37(29(27)38)23-9-4-5-10-23)34-26-12-11-24(18-32-26)36-15-13-31-14-16-36/h3,6-8,11-12,17-19,23,31H,1,4-5,9-10,13-16H2,2H3,(H,32,33,34,35). The summed E-state index contributed by atoms with van der Waals surface area (Å²) >= 11 is 0. The van der Waals surface area contributed by atoms with Gasteiger partial charge in [0.15, 0.2) is 0 Å². The number of nitrogens with one attached hydrogen (secondary N) is 2. The highest BCUT2D eigenvalue weighted by Gasteiger charge is 2.25. The van der Waals surface area contributed by atoms with Crippen molar-refractivity contribution in [2.45, 2.75) is 38.6 Å². The van der Waals surface area contributed by atoms with Crippen LogP contribution in [0.15, 0.2) is 60.2 Å². The van der Waals surface area contributed by atoms with E-state index in [1.807, 2.05) is 54.2 Å². The fourth-order valence-corrected chi connectivity index (χ4v) is 5.74. The molecule has 0 spiro atoms. The van der Waals surface area contributed by atoms with Gasteiger partial charge in [-0.05, 0) is 54.7 Å². The third-order valence-corrected chi connectivity index (χ3v) is 7.78. The predicted molar refractivity (Wildman–Crippen MR) is 154 cm³/mol. The maximum atomic E-state index is 14.1. The fourth-order valence-electron chi connectivity index (χ4n) is 5.74. The van der Waals surface area contributed by atoms with Crippen LogP contribution >= 0.6 is 0 Å². The molecule has 1 aromatic carbocycles. The lowest BCUT2D eigenvalue weighted by Crippen LogP contribution is -2.43. The Kier molecular flexibility index (Phi) is 6.64. The van der Waals surface area contributed by atoms with Gasteiger partial charge in [-0.15, -0.1) is 0 Å². The normalized spacial score (nSPS) is 16.2. The average molecular weight is 508 g/mol. The van der Waals surface area contributed by atoms with Gasteiger partial charge < -0.3 is 15.5 Å². The van der Waals surface area contributed by atoms with Crippen LogP contribution in [0.25, 0.3) is 28.2 Å². The molecule has 38 heavy (non-hydrogen) atoms. The highest BCUT2D eigenvalue weighted by molar-refractivity contribution is 5.87. The van der Waals surface area contributed by atoms with E-state index in [9.17, 15) is 4.79 Å². The summed E-state index contributed by atoms with van der Waals surface area (Å²) in [5, 5.41) is 7.52. The van der Waals surface area contributed by atoms with E-state index in [4.69, 9.17) is 4.98 Å². The van der Waals surface area contributed by atoms with Crippen LogP contribution in [0.3, 0.4) is 0 Å². The summed E-state index contributed by atoms with van der Waals surface area (Å²) in [4.78, 5) is 30.5. The Balaban J connectivity index is 1.40. The molecule has 1 saturated carbocycles. The number of rotatable bonds is 6. The number of piperazine rings is 1. The van der Waals surface area contributed by atoms with E-state index < -0.39 is 0 Å². The van der Waals surface area contributed by atoms with Crippen LogP contribution < -0.4 is 21.1 Å². The number of anilines is 3. The summed E-state index contributed by atoms with van der Waals surface area (Å²) in [6.45, 7) is 9.79. The molecule has 1 saturated heterocycles. The van der Waals surface area contributed by atoms with Gasteiger partial charge in [-0.25, -0.2) is 9.97 Å². The van der Waals surface area contributed by atoms with Gasteiger partial charge >= 0.3 is 0 Å². The molecule has 4 aromatic rings. The zero-order valence-electron chi connectivity index (χ0n) is 21.8. The third kappa shape index (κ3) is 4.56. The second-order valence-electron chi connectivity index (χ2n) is 10.1. The van der Waals surface area contributed by atoms with E-state index in [0.717, 1.165) is 79.6 Å². The van der Waals surface area contributed by atoms with Crippen LogP contribution in [0.2, 0.25) is 0 Å². The third-order valence-electron chi connectivity index (χ3n) is 7.78. The van der Waals surface area contributed by atoms with Crippen molar-refractivity contribution in [2.24, 2.45) is 0 Å². The predicted octanol–water partition coefficient (Wildman–Crippen LogP) is 5.07. The van der Waals surface area contributed by atoms with E-state index in [2.05, 4.69) is 38.1 Å². The molecule has 2 N–H and O–H groups in total. The molecule has 1 aliphatic heterocycles. The highest BCUT2D eigenvalue weighted by atomic mass is 16.1. The number of hydrogen-bond acceptors (Lipinski definition) is 7. The van der Waals surface area contributed by atoms with Crippen molar-refractivity contribution in [1.82, 2.24) is 24.8 Å². The fraction of sp³-hybridized carbons (Fsp3) is 0.333. The summed E-state index contributed by atoms with van der Waals surface area (Å²) in [5.74, 6) is 1.11. The summed E-state index contributed by atoms with van der Waals surface area (Å²) in [6, 6.07) is 12.1. The minimum absolute atomic E-state index is 0.00580. The molecule has 4 heterocycles. The van der Waals surface area contributed by atoms with Gasteiger partial charge in [0, 0.05) is 43.8 Å². The molecule has 8 heteroatoms. The SMILES string of the molecule is C=Cc1cccc(-c2c(C)c3cnc(Nc4ccc(N5CCNCC5)cn4)nc3n(C3CCCC3)c2=O)c1. The molecule has 6 rings (SSSR count). The van der Waals surface area contributed by atoms with E-state index in [1.54, 1.807) is 6.08 Å². The smallest absolute Gasteiger partial charge is 0.260 e. The van der Waals surface area contributed by atoms with Crippen molar-refractivity contribution in [3.05, 3.63) is 76.9 Å². The first kappa shape index (κ1) is 24.3. The lowest BCUT2D eigenvalue weighted by Gasteiger charge is -2.29. The molecule has 0 amide bonds. The highest BCUT2D eigenvalue weighted by Crippen LogP contribution is 2.34. The Morgan fingerprint density at radius 1 is 1.08 bits per heavy atom. The first-order valence-electron chi connectivity index (χ1n) is 13.5. The molecule has 0 radical (unpaired) electrons. The number of benzene rings is 1. The number of aryl methyl sites for hydroxylation is 1. The Bertz CT molecular complexity index is 1530. The van der Waals surface area contributed by atoms with Crippen LogP contribution in [0.4, 0.5) is 17.5 Å². The molecule has 2 aliphatic rings. The molecular weight excluding hydrogens is 474 g/mol. The number of pyridine rings is 2. The van der Waals surface area contributed by atoms with E-state index in [1.165, 1.54) is 0 Å². The second-order valence-corrected chi connectivity index (χ2v) is 10.1. The van der Waals surface area contributed by atoms with Gasteiger partial charge in [0.25, 0.3) is 5.56 Å². The van der Waals surface area contributed by atoms with E-state index in [-0.39, 0.29) is 11.6 Å². The van der Waals surface area contributed by atoms with Crippen LogP contribution in [0, 0.1) is 6.92 Å². The number of aromatic nitrogens is 4. The van der Waals surface area contributed by atoms with Crippen molar-refractivity contribution in [3.63, 3.8) is 0 Å². The maximum Gasteiger partial charge on any atom is 0.260 e. The maximum absolute atomic E-state index is 14.1. The zero-order valence-corrected chi connectivity index (χ0v) is 21.8. The monoisotopic (exact) mass is 507 g/mol. The zero-order chi connectivity index (χ0) is 26.1. The van der Waals surface area contributed by atoms with Crippen LogP contribution in [0.1, 0.15) is 42.9 Å². The summed E-state index contributed by atoms with van der Waals surface area (Å²) in [5.41, 5.74) is 5.28. The van der Waals surface area contributed by atoms with Crippen molar-refractivity contribution < 1.29 is 0 Å². The van der Waals surface area contributed by atoms with Crippen molar-refractivity contribution in [2.75, 3.05) is 36.4 Å². The van der Waals surface area contributed by atoms with Gasteiger partial charge in [-0.3, -0.25) is 9.36 Å². The summed E-state index contributed by atoms with van der Waals surface area (Å²) in [6.07, 6.45) is 9.72. The molecule has 8 nitrogen and oxygen atoms in total. The van der Waals surface area contributed by atoms with Crippen LogP contribution in [0.5, 0.6) is 0 Å². The lowest BCUT2D eigenvalue weighted by atomic mass is 9.98. The van der Waals surface area contributed by atoms with Gasteiger partial charge in [0.2, 0.25) is 5.95 Å². The lowest BCUT2D eigenvalue weighted by molar-refractivity contribution is 0.516. The number of nitrogens with zero attached hydrogens (tertiary/aromatic N) is 5. The van der Waals surface area contributed by atoms with Gasteiger partial charge in [0.1, 0.15) is 11.5 Å². The summed E-state index contributed by atoms with van der Waals surface area (Å²) < 4.78 is 1.92. The Hall–Kier alpha value is -4.04. The number of fused-ring (bicyclic) bond motifs is 1. The quantitative estimate of drug-likeness (QED) is 0.377. The van der Waals surface area contributed by atoms with Gasteiger partial charge in [-0.1, -0.05) is 43.7 Å². The van der Waals surface area contributed by atoms with E-state index >= 15 is 0 Å². The van der Waals surface area contributed by atoms with Crippen molar-refractivity contribution in [1.29, 1.82) is 0 Å². The van der Waals surface area contributed by atoms with Crippen molar-refractivity contribution in [3.8, 4) is 11.1 Å². The number of hydrogen-bond donors (Lipinski definition) is 2. The largest absolute Gasteiger partial charge is 0.368 e. The Morgan fingerprint density at radius 3 is 2.63 bits per heavy atom. The van der Waals surface area contributed by atoms with Crippen LogP contribution in [-0.2, 0) is 0 Å². The Morgan fingerprint density at radius 2 is 1.89 bits per heavy atom. The first-order chi connectivity index (χ1) is 18.6. The molecule has 2 fully saturated rings. The van der Waals surface area contributed by atoms with Gasteiger partial charge in [-0.2, -0.15) is 4.98 Å². The summed E-state index contributed by atoms with van der Waals surface area (Å²) in [7, 11) is 0. The minimum atomic E-state index is 0.00580. The molecule has 3 aromatic heterocycles. The first-order valence-corrected chi connectivity index (χ1v) is 13.5. The molecule has 0 unspecified atom stereocenters. The molecule has 1 aliphatic carbocycles. The minimum Gasteiger partial charge on any atom is -0.368 e. The molecule has 0 atom stereocenters. The molecular formula is C30H33N7O. The second kappa shape index (κ2) is 10.4. The topological polar surface area (TPSA) is 88.0 Å². The molecule has 0 bridgehead atoms. The Labute approximate surface area is 222 Å². The molecule has 194 valence electrons. The average Bonchev–Trinajstić information content (AvgIpc) is 3.49.